The Bertz CT molecular complexity index is 1490. The summed E-state index contributed by atoms with van der Waals surface area (Å²) in [6, 6.07) is 14.0. The number of amides is 1. The monoisotopic (exact) mass is 576 g/mol. The van der Waals surface area contributed by atoms with Gasteiger partial charge in [0.15, 0.2) is 0 Å². The molecule has 10 heteroatoms. The van der Waals surface area contributed by atoms with Crippen molar-refractivity contribution in [3.05, 3.63) is 52.5 Å². The molecule has 196 valence electrons. The summed E-state index contributed by atoms with van der Waals surface area (Å²) < 4.78 is 0.902. The molecule has 0 aliphatic heterocycles. The summed E-state index contributed by atoms with van der Waals surface area (Å²) in [5, 5.41) is 25.6. The number of rotatable bonds is 9. The number of aromatic amines is 2. The number of halogens is 1. The average molecular weight is 577 g/mol. The number of hydrogen-bond acceptors (Lipinski definition) is 5. The van der Waals surface area contributed by atoms with Crippen molar-refractivity contribution in [2.45, 2.75) is 51.5 Å². The lowest BCUT2D eigenvalue weighted by molar-refractivity contribution is -0.151. The van der Waals surface area contributed by atoms with Gasteiger partial charge < -0.3 is 15.0 Å². The molecule has 1 amide bonds. The summed E-state index contributed by atoms with van der Waals surface area (Å²) in [6.45, 7) is 0.659. The Labute approximate surface area is 228 Å². The van der Waals surface area contributed by atoms with Crippen molar-refractivity contribution < 1.29 is 14.7 Å². The van der Waals surface area contributed by atoms with Gasteiger partial charge in [0.05, 0.1) is 15.6 Å². The Morgan fingerprint density at radius 1 is 1.11 bits per heavy atom. The van der Waals surface area contributed by atoms with Gasteiger partial charge in [0.1, 0.15) is 0 Å². The first-order chi connectivity index (χ1) is 18.4. The molecule has 0 unspecified atom stereocenters. The summed E-state index contributed by atoms with van der Waals surface area (Å²) in [6.07, 6.45) is 5.71. The first-order valence-electron chi connectivity index (χ1n) is 13.1. The molecule has 2 aromatic heterocycles. The van der Waals surface area contributed by atoms with E-state index in [1.165, 1.54) is 0 Å². The van der Waals surface area contributed by atoms with Crippen LogP contribution in [0.5, 0.6) is 0 Å². The van der Waals surface area contributed by atoms with E-state index in [1.807, 2.05) is 36.4 Å². The van der Waals surface area contributed by atoms with Crippen molar-refractivity contribution in [2.75, 3.05) is 6.54 Å². The fraction of sp³-hybridized carbons (Fsp3) is 0.393. The second kappa shape index (κ2) is 9.98. The van der Waals surface area contributed by atoms with E-state index in [9.17, 15) is 14.7 Å². The number of H-pyrrole nitrogens is 2. The Kier molecular flexibility index (Phi) is 6.51. The van der Waals surface area contributed by atoms with Gasteiger partial charge in [-0.2, -0.15) is 5.21 Å². The van der Waals surface area contributed by atoms with Crippen molar-refractivity contribution in [2.24, 2.45) is 11.3 Å². The molecule has 38 heavy (non-hydrogen) atoms. The fourth-order valence-corrected chi connectivity index (χ4v) is 6.31. The van der Waals surface area contributed by atoms with Gasteiger partial charge in [0, 0.05) is 41.5 Å². The minimum atomic E-state index is -0.843. The van der Waals surface area contributed by atoms with Crippen LogP contribution in [0.15, 0.2) is 46.9 Å². The molecular formula is C28H29BrN6O3. The van der Waals surface area contributed by atoms with Crippen molar-refractivity contribution >= 4 is 38.7 Å². The largest absolute Gasteiger partial charge is 0.481 e. The average Bonchev–Trinajstić information content (AvgIpc) is 3.28. The molecule has 6 rings (SSSR count). The molecule has 9 nitrogen and oxygen atoms in total. The lowest BCUT2D eigenvalue weighted by Crippen LogP contribution is -2.44. The van der Waals surface area contributed by atoms with E-state index >= 15 is 0 Å². The standard InChI is InChI=1S/C28H29BrN6O3/c29-24-21-13-18(15-35(23(36)14-17-7-8-17)16-28(27(37)38)11-3-4-12-28)9-10-22(21)30-25(24)19-5-1-2-6-20(19)26-31-33-34-32-26/h1-2,5-6,9-10,13,17,30H,3-4,7-8,11-12,14-16H2,(H,37,38)(H,31,32,33,34). The van der Waals surface area contributed by atoms with Crippen molar-refractivity contribution in [1.82, 2.24) is 30.5 Å². The normalized spacial score (nSPS) is 16.7. The molecule has 2 saturated carbocycles. The number of nitrogens with one attached hydrogen (secondary N) is 2. The van der Waals surface area contributed by atoms with Crippen LogP contribution >= 0.6 is 15.9 Å². The van der Waals surface area contributed by atoms with Crippen LogP contribution in [0.25, 0.3) is 33.5 Å². The Morgan fingerprint density at radius 3 is 2.55 bits per heavy atom. The van der Waals surface area contributed by atoms with E-state index in [1.54, 1.807) is 4.90 Å². The number of nitrogens with zero attached hydrogens (tertiary/aromatic N) is 4. The number of aliphatic carboxylic acids is 1. The van der Waals surface area contributed by atoms with Crippen LogP contribution in [-0.4, -0.2) is 54.0 Å². The number of benzene rings is 2. The molecule has 0 saturated heterocycles. The highest BCUT2D eigenvalue weighted by molar-refractivity contribution is 9.10. The van der Waals surface area contributed by atoms with Crippen LogP contribution in [0.1, 0.15) is 50.5 Å². The second-order valence-corrected chi connectivity index (χ2v) is 11.5. The SMILES string of the molecule is O=C(CC1CC1)N(Cc1ccc2[nH]c(-c3ccccc3-c3nn[nH]n3)c(Br)c2c1)CC1(C(=O)O)CCCC1. The third kappa shape index (κ3) is 4.73. The minimum absolute atomic E-state index is 0.0583. The second-order valence-electron chi connectivity index (χ2n) is 10.7. The van der Waals surface area contributed by atoms with Crippen LogP contribution in [0.4, 0.5) is 0 Å². The van der Waals surface area contributed by atoms with Gasteiger partial charge in [-0.1, -0.05) is 43.2 Å². The maximum absolute atomic E-state index is 13.3. The first kappa shape index (κ1) is 24.8. The van der Waals surface area contributed by atoms with Crippen LogP contribution in [0.3, 0.4) is 0 Å². The van der Waals surface area contributed by atoms with Gasteiger partial charge >= 0.3 is 5.97 Å². The molecule has 2 heterocycles. The fourth-order valence-electron chi connectivity index (χ4n) is 5.67. The minimum Gasteiger partial charge on any atom is -0.481 e. The van der Waals surface area contributed by atoms with Crippen LogP contribution in [-0.2, 0) is 16.1 Å². The van der Waals surface area contributed by atoms with E-state index in [2.05, 4.69) is 47.6 Å². The van der Waals surface area contributed by atoms with Gasteiger partial charge in [-0.05, 0) is 70.4 Å². The maximum Gasteiger partial charge on any atom is 0.311 e. The number of tetrazole rings is 1. The Morgan fingerprint density at radius 2 is 1.87 bits per heavy atom. The van der Waals surface area contributed by atoms with E-state index in [-0.39, 0.29) is 12.5 Å². The highest BCUT2D eigenvalue weighted by Crippen LogP contribution is 2.42. The van der Waals surface area contributed by atoms with Crippen molar-refractivity contribution in [3.63, 3.8) is 0 Å². The molecular weight excluding hydrogens is 548 g/mol. The summed E-state index contributed by atoms with van der Waals surface area (Å²) >= 11 is 3.80. The molecule has 0 radical (unpaired) electrons. The maximum atomic E-state index is 13.3. The molecule has 0 spiro atoms. The van der Waals surface area contributed by atoms with Gasteiger partial charge in [0.2, 0.25) is 11.7 Å². The summed E-state index contributed by atoms with van der Waals surface area (Å²) in [4.78, 5) is 30.9. The lowest BCUT2D eigenvalue weighted by Gasteiger charge is -2.32. The zero-order valence-electron chi connectivity index (χ0n) is 20.9. The number of hydrogen-bond donors (Lipinski definition) is 3. The summed E-state index contributed by atoms with van der Waals surface area (Å²) in [7, 11) is 0. The number of carboxylic acids is 1. The highest BCUT2D eigenvalue weighted by Gasteiger charge is 2.44. The topological polar surface area (TPSA) is 128 Å². The molecule has 2 fully saturated rings. The first-order valence-corrected chi connectivity index (χ1v) is 13.9. The Balaban J connectivity index is 1.33. The number of carbonyl (C=O) groups excluding carboxylic acids is 1. The Hall–Kier alpha value is -3.53. The van der Waals surface area contributed by atoms with Crippen LogP contribution in [0.2, 0.25) is 0 Å². The van der Waals surface area contributed by atoms with E-state index < -0.39 is 11.4 Å². The molecule has 0 bridgehead atoms. The molecule has 0 atom stereocenters. The number of fused-ring (bicyclic) bond motifs is 1. The van der Waals surface area contributed by atoms with Gasteiger partial charge in [-0.25, -0.2) is 0 Å². The number of carbonyl (C=O) groups is 2. The third-order valence-electron chi connectivity index (χ3n) is 7.98. The smallest absolute Gasteiger partial charge is 0.311 e. The van der Waals surface area contributed by atoms with Gasteiger partial charge in [-0.15, -0.1) is 10.2 Å². The van der Waals surface area contributed by atoms with E-state index in [0.717, 1.165) is 63.4 Å². The van der Waals surface area contributed by atoms with Crippen molar-refractivity contribution in [1.29, 1.82) is 0 Å². The van der Waals surface area contributed by atoms with Crippen LogP contribution in [0, 0.1) is 11.3 Å². The predicted octanol–water partition coefficient (Wildman–Crippen LogP) is 5.55. The molecule has 4 aromatic rings. The summed E-state index contributed by atoms with van der Waals surface area (Å²) in [5.41, 5.74) is 3.76. The zero-order valence-corrected chi connectivity index (χ0v) is 22.5. The lowest BCUT2D eigenvalue weighted by atomic mass is 9.85. The van der Waals surface area contributed by atoms with Gasteiger partial charge in [-0.3, -0.25) is 9.59 Å². The number of aromatic nitrogens is 5. The molecule has 2 aromatic carbocycles. The number of carboxylic acid groups (broad SMARTS) is 1. The highest BCUT2D eigenvalue weighted by atomic mass is 79.9. The molecule has 3 N–H and O–H groups in total. The zero-order chi connectivity index (χ0) is 26.3. The van der Waals surface area contributed by atoms with E-state index in [4.69, 9.17) is 0 Å². The third-order valence-corrected chi connectivity index (χ3v) is 8.80. The van der Waals surface area contributed by atoms with Crippen LogP contribution < -0.4 is 0 Å². The predicted molar refractivity (Wildman–Crippen MR) is 146 cm³/mol. The summed E-state index contributed by atoms with van der Waals surface area (Å²) in [5.74, 6) is 0.226. The van der Waals surface area contributed by atoms with E-state index in [0.29, 0.717) is 37.5 Å². The van der Waals surface area contributed by atoms with Gasteiger partial charge in [0.25, 0.3) is 0 Å². The quantitative estimate of drug-likeness (QED) is 0.239. The van der Waals surface area contributed by atoms with Crippen molar-refractivity contribution in [3.8, 4) is 22.6 Å². The molecule has 2 aliphatic carbocycles. The molecule has 2 aliphatic rings.